The van der Waals surface area contributed by atoms with E-state index in [1.54, 1.807) is 0 Å². The van der Waals surface area contributed by atoms with Gasteiger partial charge < -0.3 is 4.74 Å². The number of hydrogen-bond acceptors (Lipinski definition) is 2. The van der Waals surface area contributed by atoms with Gasteiger partial charge in [0, 0.05) is 12.7 Å². The number of nitrogens with zero attached hydrogens (tertiary/aromatic N) is 2. The van der Waals surface area contributed by atoms with E-state index in [0.717, 1.165) is 18.7 Å². The van der Waals surface area contributed by atoms with Gasteiger partial charge in [-0.15, -0.1) is 0 Å². The molecule has 0 N–H and O–H groups in total. The predicted octanol–water partition coefficient (Wildman–Crippen LogP) is 3.60. The fourth-order valence-corrected chi connectivity index (χ4v) is 1.89. The Bertz CT molecular complexity index is 312. The summed E-state index contributed by atoms with van der Waals surface area (Å²) in [7, 11) is 0. The molecule has 1 atom stereocenters. The molecule has 0 aliphatic rings. The maximum absolute atomic E-state index is 5.70. The summed E-state index contributed by atoms with van der Waals surface area (Å²) in [5.74, 6) is 0. The Hall–Kier alpha value is -0.100. The molecular formula is C12H21IN2O. The van der Waals surface area contributed by atoms with Crippen LogP contribution >= 0.6 is 22.6 Å². The van der Waals surface area contributed by atoms with E-state index >= 15 is 0 Å². The van der Waals surface area contributed by atoms with E-state index in [1.807, 2.05) is 4.68 Å². The zero-order valence-corrected chi connectivity index (χ0v) is 12.5. The molecule has 4 heteroatoms. The van der Waals surface area contributed by atoms with Crippen molar-refractivity contribution in [3.05, 3.63) is 15.5 Å². The first-order chi connectivity index (χ1) is 7.67. The second-order valence-electron chi connectivity index (χ2n) is 4.07. The summed E-state index contributed by atoms with van der Waals surface area (Å²) < 4.78 is 8.93. The van der Waals surface area contributed by atoms with E-state index in [4.69, 9.17) is 4.74 Å². The van der Waals surface area contributed by atoms with Gasteiger partial charge in [-0.05, 0) is 42.4 Å². The van der Waals surface area contributed by atoms with Gasteiger partial charge in [0.15, 0.2) is 0 Å². The molecule has 0 saturated heterocycles. The van der Waals surface area contributed by atoms with Crippen molar-refractivity contribution in [2.45, 2.75) is 59.3 Å². The molecule has 0 aliphatic heterocycles. The van der Waals surface area contributed by atoms with Crippen LogP contribution in [0.3, 0.4) is 0 Å². The van der Waals surface area contributed by atoms with Gasteiger partial charge in [-0.3, -0.25) is 4.68 Å². The predicted molar refractivity (Wildman–Crippen MR) is 74.4 cm³/mol. The molecule has 16 heavy (non-hydrogen) atoms. The highest BCUT2D eigenvalue weighted by molar-refractivity contribution is 14.1. The largest absolute Gasteiger partial charge is 0.372 e. The third kappa shape index (κ3) is 4.41. The second-order valence-corrected chi connectivity index (χ2v) is 5.23. The van der Waals surface area contributed by atoms with Crippen LogP contribution in [0.15, 0.2) is 6.20 Å². The van der Waals surface area contributed by atoms with Crippen LogP contribution in [0.2, 0.25) is 0 Å². The van der Waals surface area contributed by atoms with Gasteiger partial charge in [0.25, 0.3) is 0 Å². The number of aromatic nitrogens is 2. The highest BCUT2D eigenvalue weighted by Gasteiger charge is 2.08. The van der Waals surface area contributed by atoms with Gasteiger partial charge >= 0.3 is 0 Å². The lowest BCUT2D eigenvalue weighted by Gasteiger charge is -2.08. The third-order valence-corrected chi connectivity index (χ3v) is 3.51. The van der Waals surface area contributed by atoms with Crippen LogP contribution in [0.25, 0.3) is 0 Å². The lowest BCUT2D eigenvalue weighted by molar-refractivity contribution is 0.0482. The summed E-state index contributed by atoms with van der Waals surface area (Å²) in [6, 6.07) is 0. The molecule has 92 valence electrons. The molecule has 1 aromatic heterocycles. The summed E-state index contributed by atoms with van der Waals surface area (Å²) in [6.07, 6.45) is 5.86. The van der Waals surface area contributed by atoms with E-state index in [1.165, 1.54) is 16.4 Å². The summed E-state index contributed by atoms with van der Waals surface area (Å²) in [4.78, 5) is 0. The highest BCUT2D eigenvalue weighted by Crippen LogP contribution is 2.13. The average Bonchev–Trinajstić information content (AvgIpc) is 2.64. The minimum absolute atomic E-state index is 0.316. The van der Waals surface area contributed by atoms with E-state index in [9.17, 15) is 0 Å². The number of aryl methyl sites for hydroxylation is 1. The van der Waals surface area contributed by atoms with E-state index < -0.39 is 0 Å². The van der Waals surface area contributed by atoms with Crippen LogP contribution in [0.1, 0.15) is 45.7 Å². The molecule has 0 saturated carbocycles. The van der Waals surface area contributed by atoms with Crippen molar-refractivity contribution in [1.82, 2.24) is 9.78 Å². The van der Waals surface area contributed by atoms with Gasteiger partial charge in [-0.1, -0.05) is 20.3 Å². The Balaban J connectivity index is 2.49. The topological polar surface area (TPSA) is 27.1 Å². The molecule has 0 radical (unpaired) electrons. The molecule has 0 fully saturated rings. The Kier molecular flexibility index (Phi) is 6.34. The van der Waals surface area contributed by atoms with Crippen molar-refractivity contribution in [3.63, 3.8) is 0 Å². The Morgan fingerprint density at radius 2 is 2.25 bits per heavy atom. The number of hydrogen-bond donors (Lipinski definition) is 0. The fraction of sp³-hybridized carbons (Fsp3) is 0.750. The van der Waals surface area contributed by atoms with Crippen molar-refractivity contribution < 1.29 is 4.74 Å². The molecule has 0 bridgehead atoms. The Morgan fingerprint density at radius 3 is 2.88 bits per heavy atom. The lowest BCUT2D eigenvalue weighted by atomic mass is 10.3. The first-order valence-electron chi connectivity index (χ1n) is 6.00. The third-order valence-electron chi connectivity index (χ3n) is 2.61. The van der Waals surface area contributed by atoms with Gasteiger partial charge in [0.1, 0.15) is 5.69 Å². The average molecular weight is 336 g/mol. The molecule has 3 nitrogen and oxygen atoms in total. The molecular weight excluding hydrogens is 315 g/mol. The van der Waals surface area contributed by atoms with Crippen molar-refractivity contribution in [2.24, 2.45) is 0 Å². The fourth-order valence-electron chi connectivity index (χ4n) is 1.31. The van der Waals surface area contributed by atoms with Crippen LogP contribution in [0.4, 0.5) is 0 Å². The summed E-state index contributed by atoms with van der Waals surface area (Å²) in [5, 5.41) is 4.54. The number of ether oxygens (including phenoxy) is 1. The van der Waals surface area contributed by atoms with Crippen molar-refractivity contribution >= 4 is 22.6 Å². The summed E-state index contributed by atoms with van der Waals surface area (Å²) in [5.41, 5.74) is 1.07. The monoisotopic (exact) mass is 336 g/mol. The Labute approximate surface area is 112 Å². The molecule has 0 spiro atoms. The lowest BCUT2D eigenvalue weighted by Crippen LogP contribution is -2.07. The van der Waals surface area contributed by atoms with Gasteiger partial charge in [-0.2, -0.15) is 5.10 Å². The number of unbranched alkanes of at least 4 members (excludes halogenated alkanes) is 1. The first-order valence-corrected chi connectivity index (χ1v) is 7.08. The minimum atomic E-state index is 0.316. The molecule has 1 heterocycles. The van der Waals surface area contributed by atoms with E-state index in [-0.39, 0.29) is 0 Å². The standard InChI is InChI=1S/C12H21IN2O/c1-4-6-7-15-8-11(13)12(14-15)9-16-10(3)5-2/h8,10H,4-7,9H2,1-3H3/t10-/m0/s1. The van der Waals surface area contributed by atoms with Crippen LogP contribution in [-0.4, -0.2) is 15.9 Å². The maximum Gasteiger partial charge on any atom is 0.101 e. The Morgan fingerprint density at radius 1 is 1.50 bits per heavy atom. The van der Waals surface area contributed by atoms with Crippen molar-refractivity contribution in [1.29, 1.82) is 0 Å². The van der Waals surface area contributed by atoms with Crippen molar-refractivity contribution in [2.75, 3.05) is 0 Å². The van der Waals surface area contributed by atoms with Crippen molar-refractivity contribution in [3.8, 4) is 0 Å². The van der Waals surface area contributed by atoms with Gasteiger partial charge in [0.05, 0.1) is 16.3 Å². The summed E-state index contributed by atoms with van der Waals surface area (Å²) >= 11 is 2.33. The number of rotatable bonds is 7. The van der Waals surface area contributed by atoms with Crippen LogP contribution in [0, 0.1) is 3.57 Å². The van der Waals surface area contributed by atoms with Crippen LogP contribution in [0.5, 0.6) is 0 Å². The van der Waals surface area contributed by atoms with Gasteiger partial charge in [0.2, 0.25) is 0 Å². The summed E-state index contributed by atoms with van der Waals surface area (Å²) in [6.45, 7) is 8.07. The smallest absolute Gasteiger partial charge is 0.101 e. The first kappa shape index (κ1) is 14.0. The zero-order valence-electron chi connectivity index (χ0n) is 10.4. The number of halogens is 1. The molecule has 1 rings (SSSR count). The van der Waals surface area contributed by atoms with Crippen LogP contribution < -0.4 is 0 Å². The van der Waals surface area contributed by atoms with Gasteiger partial charge in [-0.25, -0.2) is 0 Å². The van der Waals surface area contributed by atoms with E-state index in [0.29, 0.717) is 12.7 Å². The van der Waals surface area contributed by atoms with E-state index in [2.05, 4.69) is 54.7 Å². The quantitative estimate of drug-likeness (QED) is 0.712. The molecule has 0 unspecified atom stereocenters. The minimum Gasteiger partial charge on any atom is -0.372 e. The second kappa shape index (κ2) is 7.27. The molecule has 0 aliphatic carbocycles. The van der Waals surface area contributed by atoms with Crippen LogP contribution in [-0.2, 0) is 17.9 Å². The SMILES string of the molecule is CCCCn1cc(I)c(CO[C@@H](C)CC)n1. The molecule has 0 amide bonds. The maximum atomic E-state index is 5.70. The zero-order chi connectivity index (χ0) is 12.0. The normalized spacial score (nSPS) is 13.0. The molecule has 1 aromatic rings. The molecule has 0 aromatic carbocycles. The highest BCUT2D eigenvalue weighted by atomic mass is 127.